The molecule has 2 aromatic heterocycles. The molecule has 0 unspecified atom stereocenters. The molecule has 0 saturated carbocycles. The van der Waals surface area contributed by atoms with Gasteiger partial charge in [0.2, 0.25) is 5.71 Å². The Morgan fingerprint density at radius 3 is 2.47 bits per heavy atom. The molecule has 6 heteroatoms. The lowest BCUT2D eigenvalue weighted by Crippen LogP contribution is -2.25. The Balaban J connectivity index is 1.45. The van der Waals surface area contributed by atoms with Crippen LogP contribution in [-0.4, -0.2) is 41.1 Å². The van der Waals surface area contributed by atoms with Gasteiger partial charge in [-0.3, -0.25) is 4.90 Å². The number of fused-ring (bicyclic) bond motifs is 1. The summed E-state index contributed by atoms with van der Waals surface area (Å²) in [6, 6.07) is 18.0. The number of ether oxygens (including phenoxy) is 1. The second-order valence-corrected chi connectivity index (χ2v) is 7.80. The molecule has 0 bridgehead atoms. The zero-order valence-corrected chi connectivity index (χ0v) is 17.3. The number of halogens is 1. The van der Waals surface area contributed by atoms with E-state index in [1.165, 1.54) is 32.3 Å². The van der Waals surface area contributed by atoms with Crippen molar-refractivity contribution in [2.75, 3.05) is 26.2 Å². The molecule has 3 heterocycles. The molecule has 0 radical (unpaired) electrons. The minimum Gasteiger partial charge on any atom is -0.492 e. The second-order valence-electron chi connectivity index (χ2n) is 7.44. The van der Waals surface area contributed by atoms with Crippen molar-refractivity contribution >= 4 is 22.7 Å². The summed E-state index contributed by atoms with van der Waals surface area (Å²) in [6.45, 7) is 4.04. The number of hydrogen-bond acceptors (Lipinski definition) is 5. The summed E-state index contributed by atoms with van der Waals surface area (Å²) >= 11 is 6.41. The van der Waals surface area contributed by atoms with Crippen LogP contribution in [0, 0.1) is 0 Å². The zero-order chi connectivity index (χ0) is 20.3. The highest BCUT2D eigenvalue weighted by Gasteiger charge is 2.21. The van der Waals surface area contributed by atoms with Crippen LogP contribution in [-0.2, 0) is 0 Å². The van der Waals surface area contributed by atoms with Crippen molar-refractivity contribution < 1.29 is 9.15 Å². The van der Waals surface area contributed by atoms with E-state index in [2.05, 4.69) is 14.9 Å². The summed E-state index contributed by atoms with van der Waals surface area (Å²) in [7, 11) is 0. The van der Waals surface area contributed by atoms with Crippen LogP contribution in [0.5, 0.6) is 5.75 Å². The molecule has 1 saturated heterocycles. The molecular formula is C24H22ClN3O2. The predicted octanol–water partition coefficient (Wildman–Crippen LogP) is 5.68. The van der Waals surface area contributed by atoms with Crippen molar-refractivity contribution in [3.63, 3.8) is 0 Å². The van der Waals surface area contributed by atoms with Gasteiger partial charge in [-0.25, -0.2) is 9.97 Å². The Morgan fingerprint density at radius 2 is 1.70 bits per heavy atom. The maximum atomic E-state index is 6.41. The lowest BCUT2D eigenvalue weighted by molar-refractivity contribution is 0.238. The lowest BCUT2D eigenvalue weighted by atomic mass is 10.00. The largest absolute Gasteiger partial charge is 0.492 e. The fourth-order valence-electron chi connectivity index (χ4n) is 3.98. The van der Waals surface area contributed by atoms with E-state index >= 15 is 0 Å². The Kier molecular flexibility index (Phi) is 5.39. The summed E-state index contributed by atoms with van der Waals surface area (Å²) in [5.74, 6) is 1.58. The van der Waals surface area contributed by atoms with Gasteiger partial charge in [0, 0.05) is 17.7 Å². The summed E-state index contributed by atoms with van der Waals surface area (Å²) in [6.07, 6.45) is 4.01. The third-order valence-corrected chi connectivity index (χ3v) is 5.78. The van der Waals surface area contributed by atoms with Crippen molar-refractivity contribution in [1.82, 2.24) is 14.9 Å². The van der Waals surface area contributed by atoms with Gasteiger partial charge >= 0.3 is 0 Å². The van der Waals surface area contributed by atoms with E-state index in [1.54, 1.807) is 0 Å². The van der Waals surface area contributed by atoms with Gasteiger partial charge in [0.05, 0.1) is 5.39 Å². The SMILES string of the molecule is Clc1ncnc2oc(-c3ccc(OCCN4CCCC4)cc3)c(-c3ccccc3)c12. The van der Waals surface area contributed by atoms with Gasteiger partial charge in [-0.1, -0.05) is 41.9 Å². The smallest absolute Gasteiger partial charge is 0.231 e. The number of likely N-dealkylation sites (tertiary alicyclic amines) is 1. The minimum absolute atomic E-state index is 0.385. The number of nitrogens with zero attached hydrogens (tertiary/aromatic N) is 3. The van der Waals surface area contributed by atoms with Crippen LogP contribution in [0.15, 0.2) is 65.3 Å². The van der Waals surface area contributed by atoms with Gasteiger partial charge in [0.1, 0.15) is 29.6 Å². The summed E-state index contributed by atoms with van der Waals surface area (Å²) < 4.78 is 12.1. The summed E-state index contributed by atoms with van der Waals surface area (Å²) in [5.41, 5.74) is 3.33. The molecule has 1 aliphatic rings. The fraction of sp³-hybridized carbons (Fsp3) is 0.250. The Morgan fingerprint density at radius 1 is 0.933 bits per heavy atom. The molecule has 1 fully saturated rings. The van der Waals surface area contributed by atoms with E-state index in [0.29, 0.717) is 17.5 Å². The standard InChI is InChI=1S/C24H22ClN3O2/c25-23-21-20(17-6-2-1-3-7-17)22(30-24(21)27-16-26-23)18-8-10-19(11-9-18)29-15-14-28-12-4-5-13-28/h1-3,6-11,16H,4-5,12-15H2. The number of benzene rings is 2. The topological polar surface area (TPSA) is 51.4 Å². The van der Waals surface area contributed by atoms with Crippen LogP contribution in [0.3, 0.4) is 0 Å². The van der Waals surface area contributed by atoms with E-state index in [9.17, 15) is 0 Å². The van der Waals surface area contributed by atoms with Gasteiger partial charge in [-0.05, 0) is 55.8 Å². The van der Waals surface area contributed by atoms with Crippen LogP contribution in [0.25, 0.3) is 33.6 Å². The average Bonchev–Trinajstić information content (AvgIpc) is 3.43. The van der Waals surface area contributed by atoms with Crippen LogP contribution in [0.4, 0.5) is 0 Å². The highest BCUT2D eigenvalue weighted by atomic mass is 35.5. The molecule has 5 rings (SSSR count). The van der Waals surface area contributed by atoms with Gasteiger partial charge < -0.3 is 9.15 Å². The molecule has 0 atom stereocenters. The maximum Gasteiger partial charge on any atom is 0.231 e. The fourth-order valence-corrected chi connectivity index (χ4v) is 4.20. The molecule has 0 amide bonds. The zero-order valence-electron chi connectivity index (χ0n) is 16.6. The van der Waals surface area contributed by atoms with Gasteiger partial charge in [0.15, 0.2) is 0 Å². The molecule has 0 N–H and O–H groups in total. The first kappa shape index (κ1) is 19.1. The average molecular weight is 420 g/mol. The monoisotopic (exact) mass is 419 g/mol. The molecule has 4 aromatic rings. The first-order chi connectivity index (χ1) is 14.8. The van der Waals surface area contributed by atoms with Crippen molar-refractivity contribution in [2.45, 2.75) is 12.8 Å². The molecule has 1 aliphatic heterocycles. The van der Waals surface area contributed by atoms with E-state index < -0.39 is 0 Å². The van der Waals surface area contributed by atoms with Crippen molar-refractivity contribution in [3.8, 4) is 28.2 Å². The highest BCUT2D eigenvalue weighted by molar-refractivity contribution is 6.35. The summed E-state index contributed by atoms with van der Waals surface area (Å²) in [4.78, 5) is 10.9. The summed E-state index contributed by atoms with van der Waals surface area (Å²) in [5, 5.41) is 1.11. The van der Waals surface area contributed by atoms with Crippen LogP contribution < -0.4 is 4.74 Å². The first-order valence-corrected chi connectivity index (χ1v) is 10.6. The molecule has 30 heavy (non-hydrogen) atoms. The number of hydrogen-bond donors (Lipinski definition) is 0. The third kappa shape index (κ3) is 3.78. The molecular weight excluding hydrogens is 398 g/mol. The molecule has 5 nitrogen and oxygen atoms in total. The van der Waals surface area contributed by atoms with E-state index in [-0.39, 0.29) is 0 Å². The second kappa shape index (κ2) is 8.46. The third-order valence-electron chi connectivity index (χ3n) is 5.50. The van der Waals surface area contributed by atoms with Gasteiger partial charge in [-0.15, -0.1) is 0 Å². The first-order valence-electron chi connectivity index (χ1n) is 10.2. The van der Waals surface area contributed by atoms with Crippen molar-refractivity contribution in [1.29, 1.82) is 0 Å². The number of furan rings is 1. The highest BCUT2D eigenvalue weighted by Crippen LogP contribution is 2.42. The number of aromatic nitrogens is 2. The Hall–Kier alpha value is -2.89. The molecule has 152 valence electrons. The van der Waals surface area contributed by atoms with Crippen LogP contribution in [0.2, 0.25) is 5.15 Å². The van der Waals surface area contributed by atoms with Gasteiger partial charge in [-0.2, -0.15) is 0 Å². The quantitative estimate of drug-likeness (QED) is 0.376. The lowest BCUT2D eigenvalue weighted by Gasteiger charge is -2.15. The predicted molar refractivity (Wildman–Crippen MR) is 119 cm³/mol. The Bertz CT molecular complexity index is 1140. The Labute approximate surface area is 180 Å². The van der Waals surface area contributed by atoms with Crippen LogP contribution >= 0.6 is 11.6 Å². The molecule has 0 spiro atoms. The van der Waals surface area contributed by atoms with Crippen LogP contribution in [0.1, 0.15) is 12.8 Å². The minimum atomic E-state index is 0.385. The van der Waals surface area contributed by atoms with E-state index in [1.807, 2.05) is 54.6 Å². The van der Waals surface area contributed by atoms with Crippen molar-refractivity contribution in [2.24, 2.45) is 0 Å². The number of rotatable bonds is 6. The maximum absolute atomic E-state index is 6.41. The molecule has 2 aromatic carbocycles. The molecule has 0 aliphatic carbocycles. The normalized spacial score (nSPS) is 14.4. The van der Waals surface area contributed by atoms with E-state index in [4.69, 9.17) is 20.8 Å². The van der Waals surface area contributed by atoms with E-state index in [0.717, 1.165) is 40.1 Å². The van der Waals surface area contributed by atoms with Crippen molar-refractivity contribution in [3.05, 3.63) is 66.1 Å². The van der Waals surface area contributed by atoms with Gasteiger partial charge in [0.25, 0.3) is 0 Å².